The minimum Gasteiger partial charge on any atom is -0.487 e. The van der Waals surface area contributed by atoms with Crippen molar-refractivity contribution < 1.29 is 14.6 Å². The van der Waals surface area contributed by atoms with Crippen LogP contribution >= 0.6 is 11.3 Å². The number of hydrogen-bond donors (Lipinski definition) is 2. The Morgan fingerprint density at radius 2 is 2.25 bits per heavy atom. The summed E-state index contributed by atoms with van der Waals surface area (Å²) < 4.78 is 5.72. The first kappa shape index (κ1) is 18.4. The smallest absolute Gasteiger partial charge is 0.251 e. The maximum atomic E-state index is 12.5. The maximum absolute atomic E-state index is 12.5. The number of nitrogens with zero attached hydrogens (tertiary/aromatic N) is 1. The van der Waals surface area contributed by atoms with Crippen molar-refractivity contribution >= 4 is 17.2 Å². The summed E-state index contributed by atoms with van der Waals surface area (Å²) in [7, 11) is 0. The molecule has 2 N–H and O–H groups in total. The van der Waals surface area contributed by atoms with E-state index in [1.165, 1.54) is 0 Å². The molecule has 0 aliphatic rings. The highest BCUT2D eigenvalue weighted by atomic mass is 32.1. The Labute approximate surface area is 146 Å². The van der Waals surface area contributed by atoms with Crippen molar-refractivity contribution in [3.8, 4) is 5.75 Å². The van der Waals surface area contributed by atoms with Gasteiger partial charge in [-0.3, -0.25) is 4.79 Å². The molecule has 0 saturated carbocycles. The van der Waals surface area contributed by atoms with E-state index in [0.29, 0.717) is 24.3 Å². The van der Waals surface area contributed by atoms with Crippen LogP contribution in [0.25, 0.3) is 0 Å². The van der Waals surface area contributed by atoms with E-state index in [0.717, 1.165) is 17.1 Å². The van der Waals surface area contributed by atoms with E-state index in [-0.39, 0.29) is 12.5 Å². The lowest BCUT2D eigenvalue weighted by Gasteiger charge is -2.29. The van der Waals surface area contributed by atoms with Crippen molar-refractivity contribution in [3.63, 3.8) is 0 Å². The summed E-state index contributed by atoms with van der Waals surface area (Å²) in [6, 6.07) is 7.10. The van der Waals surface area contributed by atoms with Crippen LogP contribution in [-0.4, -0.2) is 28.1 Å². The van der Waals surface area contributed by atoms with Gasteiger partial charge in [0.2, 0.25) is 0 Å². The lowest BCUT2D eigenvalue weighted by atomic mass is 9.94. The number of aliphatic hydroxyl groups is 1. The number of aromatic nitrogens is 1. The molecule has 130 valence electrons. The normalized spacial score (nSPS) is 13.3. The maximum Gasteiger partial charge on any atom is 0.251 e. The number of ether oxygens (including phenoxy) is 1. The van der Waals surface area contributed by atoms with Crippen LogP contribution < -0.4 is 10.1 Å². The van der Waals surface area contributed by atoms with E-state index in [1.54, 1.807) is 29.5 Å². The molecular weight excluding hydrogens is 324 g/mol. The van der Waals surface area contributed by atoms with Gasteiger partial charge in [-0.15, -0.1) is 11.3 Å². The number of thiazole rings is 1. The van der Waals surface area contributed by atoms with Gasteiger partial charge in [0, 0.05) is 23.1 Å². The zero-order valence-electron chi connectivity index (χ0n) is 14.3. The van der Waals surface area contributed by atoms with Gasteiger partial charge in [0.25, 0.3) is 5.91 Å². The van der Waals surface area contributed by atoms with Crippen LogP contribution in [0.4, 0.5) is 0 Å². The van der Waals surface area contributed by atoms with Crippen molar-refractivity contribution in [3.05, 3.63) is 45.9 Å². The van der Waals surface area contributed by atoms with Crippen molar-refractivity contribution in [1.82, 2.24) is 10.3 Å². The number of aliphatic hydroxyl groups excluding tert-OH is 1. The van der Waals surface area contributed by atoms with Gasteiger partial charge >= 0.3 is 0 Å². The highest BCUT2D eigenvalue weighted by Crippen LogP contribution is 2.19. The van der Waals surface area contributed by atoms with E-state index in [9.17, 15) is 4.79 Å². The van der Waals surface area contributed by atoms with Gasteiger partial charge in [0.1, 0.15) is 12.4 Å². The van der Waals surface area contributed by atoms with Crippen molar-refractivity contribution in [2.75, 3.05) is 6.61 Å². The third kappa shape index (κ3) is 5.04. The molecular formula is C18H24N2O3S. The Morgan fingerprint density at radius 3 is 2.88 bits per heavy atom. The molecule has 6 heteroatoms. The highest BCUT2D eigenvalue weighted by molar-refractivity contribution is 7.09. The van der Waals surface area contributed by atoms with Gasteiger partial charge < -0.3 is 15.2 Å². The number of benzene rings is 1. The number of carbonyl (C=O) groups excluding carboxylic acids is 1. The third-order valence-electron chi connectivity index (χ3n) is 4.01. The van der Waals surface area contributed by atoms with E-state index >= 15 is 0 Å². The molecule has 1 aromatic carbocycles. The Bertz CT molecular complexity index is 686. The molecule has 24 heavy (non-hydrogen) atoms. The summed E-state index contributed by atoms with van der Waals surface area (Å²) in [4.78, 5) is 16.8. The van der Waals surface area contributed by atoms with Crippen LogP contribution in [0.3, 0.4) is 0 Å². The number of hydrogen-bond acceptors (Lipinski definition) is 5. The molecule has 0 bridgehead atoms. The topological polar surface area (TPSA) is 71.5 Å². The molecule has 0 aliphatic heterocycles. The van der Waals surface area contributed by atoms with Gasteiger partial charge in [0.15, 0.2) is 0 Å². The molecule has 0 spiro atoms. The SMILES string of the molecule is CCC(C)(CCO)NC(=O)c1cccc(OCc2csc(C)n2)c1. The predicted molar refractivity (Wildman–Crippen MR) is 95.5 cm³/mol. The van der Waals surface area contributed by atoms with E-state index < -0.39 is 5.54 Å². The highest BCUT2D eigenvalue weighted by Gasteiger charge is 2.24. The minimum atomic E-state index is -0.416. The second-order valence-electron chi connectivity index (χ2n) is 6.02. The molecule has 1 unspecified atom stereocenters. The number of nitrogens with one attached hydrogen (secondary N) is 1. The Morgan fingerprint density at radius 1 is 1.46 bits per heavy atom. The molecule has 2 aromatic rings. The average Bonchev–Trinajstić information content (AvgIpc) is 2.99. The summed E-state index contributed by atoms with van der Waals surface area (Å²) >= 11 is 1.59. The van der Waals surface area contributed by atoms with Crippen LogP contribution in [0.1, 0.15) is 47.7 Å². The van der Waals surface area contributed by atoms with Gasteiger partial charge in [0.05, 0.1) is 10.7 Å². The standard InChI is InChI=1S/C18H24N2O3S/c1-4-18(3,8-9-21)20-17(22)14-6-5-7-16(10-14)23-11-15-12-24-13(2)19-15/h5-7,10,12,21H,4,8-9,11H2,1-3H3,(H,20,22). The van der Waals surface area contributed by atoms with Crippen molar-refractivity contribution in [2.45, 2.75) is 45.8 Å². The Hall–Kier alpha value is -1.92. The first-order valence-electron chi connectivity index (χ1n) is 8.03. The molecule has 1 atom stereocenters. The zero-order chi connectivity index (χ0) is 17.6. The fraction of sp³-hybridized carbons (Fsp3) is 0.444. The monoisotopic (exact) mass is 348 g/mol. The molecule has 1 aromatic heterocycles. The zero-order valence-corrected chi connectivity index (χ0v) is 15.2. The van der Waals surface area contributed by atoms with Gasteiger partial charge in [-0.2, -0.15) is 0 Å². The third-order valence-corrected chi connectivity index (χ3v) is 4.83. The van der Waals surface area contributed by atoms with Gasteiger partial charge in [-0.05, 0) is 44.9 Å². The predicted octanol–water partition coefficient (Wildman–Crippen LogP) is 3.31. The summed E-state index contributed by atoms with van der Waals surface area (Å²) in [6.45, 7) is 6.31. The average molecular weight is 348 g/mol. The molecule has 5 nitrogen and oxygen atoms in total. The lowest BCUT2D eigenvalue weighted by Crippen LogP contribution is -2.46. The Kier molecular flexibility index (Phi) is 6.34. The number of amides is 1. The molecule has 2 rings (SSSR count). The molecule has 0 aliphatic carbocycles. The lowest BCUT2D eigenvalue weighted by molar-refractivity contribution is 0.0885. The molecule has 0 fully saturated rings. The molecule has 0 radical (unpaired) electrons. The summed E-state index contributed by atoms with van der Waals surface area (Å²) in [6.07, 6.45) is 1.27. The molecule has 1 heterocycles. The van der Waals surface area contributed by atoms with E-state index in [1.807, 2.05) is 32.2 Å². The van der Waals surface area contributed by atoms with E-state index in [4.69, 9.17) is 9.84 Å². The van der Waals surface area contributed by atoms with Crippen LogP contribution in [0.5, 0.6) is 5.75 Å². The minimum absolute atomic E-state index is 0.0425. The quantitative estimate of drug-likeness (QED) is 0.768. The van der Waals surface area contributed by atoms with Crippen LogP contribution in [0.2, 0.25) is 0 Å². The second-order valence-corrected chi connectivity index (χ2v) is 7.08. The first-order chi connectivity index (χ1) is 11.5. The number of carbonyl (C=O) groups is 1. The fourth-order valence-corrected chi connectivity index (χ4v) is 2.88. The van der Waals surface area contributed by atoms with Crippen LogP contribution in [0.15, 0.2) is 29.6 Å². The number of aryl methyl sites for hydroxylation is 1. The second kappa shape index (κ2) is 8.26. The number of rotatable bonds is 8. The van der Waals surface area contributed by atoms with E-state index in [2.05, 4.69) is 10.3 Å². The summed E-state index contributed by atoms with van der Waals surface area (Å²) in [5, 5.41) is 15.1. The fourth-order valence-electron chi connectivity index (χ4n) is 2.28. The Balaban J connectivity index is 2.02. The van der Waals surface area contributed by atoms with Gasteiger partial charge in [-0.25, -0.2) is 4.98 Å². The molecule has 0 saturated heterocycles. The van der Waals surface area contributed by atoms with Crippen molar-refractivity contribution in [2.24, 2.45) is 0 Å². The van der Waals surface area contributed by atoms with Crippen LogP contribution in [0, 0.1) is 6.92 Å². The van der Waals surface area contributed by atoms with Crippen LogP contribution in [-0.2, 0) is 6.61 Å². The summed E-state index contributed by atoms with van der Waals surface area (Å²) in [5.41, 5.74) is 1.01. The largest absolute Gasteiger partial charge is 0.487 e. The van der Waals surface area contributed by atoms with Crippen molar-refractivity contribution in [1.29, 1.82) is 0 Å². The first-order valence-corrected chi connectivity index (χ1v) is 8.91. The molecule has 1 amide bonds. The summed E-state index contributed by atoms with van der Waals surface area (Å²) in [5.74, 6) is 0.469. The van der Waals surface area contributed by atoms with Gasteiger partial charge in [-0.1, -0.05) is 13.0 Å².